The molecule has 3 aromatic rings. The summed E-state index contributed by atoms with van der Waals surface area (Å²) >= 11 is 0. The van der Waals surface area contributed by atoms with Crippen molar-refractivity contribution in [1.29, 1.82) is 0 Å². The molecule has 4 heterocycles. The first-order chi connectivity index (χ1) is 32.2. The maximum atomic E-state index is 13.3. The van der Waals surface area contributed by atoms with Crippen LogP contribution in [0, 0.1) is 5.92 Å². The highest BCUT2D eigenvalue weighted by Crippen LogP contribution is 2.31. The maximum absolute atomic E-state index is 13.3. The van der Waals surface area contributed by atoms with Crippen LogP contribution in [0.5, 0.6) is 5.75 Å². The number of ether oxygens (including phenoxy) is 2. The molecule has 358 valence electrons. The van der Waals surface area contributed by atoms with Gasteiger partial charge in [0.05, 0.1) is 12.3 Å². The number of nitrogen functional groups attached to an aromatic ring is 1. The third-order valence-corrected chi connectivity index (χ3v) is 11.8. The zero-order chi connectivity index (χ0) is 48.0. The van der Waals surface area contributed by atoms with Gasteiger partial charge in [0.25, 0.3) is 17.7 Å². The van der Waals surface area contributed by atoms with E-state index in [1.165, 1.54) is 12.1 Å². The molecule has 0 saturated carbocycles. The van der Waals surface area contributed by atoms with Crippen molar-refractivity contribution in [2.45, 2.75) is 81.8 Å². The number of carbonyl (C=O) groups is 6. The van der Waals surface area contributed by atoms with Crippen LogP contribution in [-0.4, -0.2) is 142 Å². The van der Waals surface area contributed by atoms with Crippen molar-refractivity contribution in [3.05, 3.63) is 102 Å². The zero-order valence-electron chi connectivity index (χ0n) is 36.9. The number of aliphatic hydroxyl groups is 4. The summed E-state index contributed by atoms with van der Waals surface area (Å²) < 4.78 is 13.3. The number of amides is 6. The number of nitrogens with two attached hydrogens (primary N) is 2. The lowest BCUT2D eigenvalue weighted by molar-refractivity contribution is -0.688. The minimum Gasteiger partial charge on any atom is -0.460 e. The second-order valence-electron chi connectivity index (χ2n) is 16.7. The number of hydrogen-bond acceptors (Lipinski definition) is 14. The average Bonchev–Trinajstić information content (AvgIpc) is 3.65. The molecule has 20 heteroatoms. The van der Waals surface area contributed by atoms with Gasteiger partial charge in [-0.05, 0) is 73.7 Å². The fraction of sp³-hybridized carbons (Fsp3) is 0.426. The molecule has 2 saturated heterocycles. The number of benzene rings is 2. The summed E-state index contributed by atoms with van der Waals surface area (Å²) in [6, 6.07) is 14.2. The molecule has 11 N–H and O–H groups in total. The van der Waals surface area contributed by atoms with Gasteiger partial charge in [0.15, 0.2) is 18.9 Å². The second kappa shape index (κ2) is 23.8. The molecule has 3 aliphatic heterocycles. The van der Waals surface area contributed by atoms with E-state index in [-0.39, 0.29) is 49.3 Å². The Bertz CT molecular complexity index is 2300. The molecular weight excluding hydrogens is 869 g/mol. The topological polar surface area (TPSA) is 300 Å². The highest BCUT2D eigenvalue weighted by atomic mass is 16.7. The monoisotopic (exact) mass is 927 g/mol. The van der Waals surface area contributed by atoms with Crippen LogP contribution in [0.2, 0.25) is 0 Å². The number of pyridine rings is 1. The lowest BCUT2D eigenvalue weighted by atomic mass is 9.91. The molecule has 0 spiro atoms. The number of hydrogen-bond donors (Lipinski definition) is 9. The first-order valence-corrected chi connectivity index (χ1v) is 22.3. The number of imide groups is 1. The number of aromatic nitrogens is 1. The number of anilines is 2. The van der Waals surface area contributed by atoms with E-state index in [9.17, 15) is 49.2 Å². The van der Waals surface area contributed by atoms with Gasteiger partial charge >= 0.3 is 0 Å². The Morgan fingerprint density at radius 3 is 2.40 bits per heavy atom. The Labute approximate surface area is 387 Å². The highest BCUT2D eigenvalue weighted by molar-refractivity contribution is 6.15. The van der Waals surface area contributed by atoms with Crippen molar-refractivity contribution in [1.82, 2.24) is 20.4 Å². The van der Waals surface area contributed by atoms with Crippen molar-refractivity contribution in [3.8, 4) is 5.75 Å². The van der Waals surface area contributed by atoms with Crippen LogP contribution in [0.25, 0.3) is 6.08 Å². The third kappa shape index (κ3) is 13.5. The van der Waals surface area contributed by atoms with Gasteiger partial charge in [-0.3, -0.25) is 33.7 Å². The van der Waals surface area contributed by atoms with Gasteiger partial charge in [0.2, 0.25) is 24.0 Å². The Morgan fingerprint density at radius 2 is 1.69 bits per heavy atom. The molecule has 6 atom stereocenters. The summed E-state index contributed by atoms with van der Waals surface area (Å²) in [6.07, 6.45) is 5.43. The molecule has 67 heavy (non-hydrogen) atoms. The van der Waals surface area contributed by atoms with Gasteiger partial charge in [0, 0.05) is 85.8 Å². The van der Waals surface area contributed by atoms with E-state index < -0.39 is 67.0 Å². The Kier molecular flexibility index (Phi) is 17.7. The van der Waals surface area contributed by atoms with Gasteiger partial charge in [-0.1, -0.05) is 18.9 Å². The molecule has 1 aromatic heterocycles. The minimum atomic E-state index is -1.73. The maximum Gasteiger partial charge on any atom is 0.254 e. The van der Waals surface area contributed by atoms with Gasteiger partial charge in [-0.2, -0.15) is 0 Å². The summed E-state index contributed by atoms with van der Waals surface area (Å²) in [7, 11) is 0. The molecule has 0 bridgehead atoms. The number of piperidine rings is 1. The summed E-state index contributed by atoms with van der Waals surface area (Å²) in [5.41, 5.74) is 14.2. The van der Waals surface area contributed by atoms with Gasteiger partial charge < -0.3 is 62.2 Å². The van der Waals surface area contributed by atoms with E-state index in [4.69, 9.17) is 20.9 Å². The first-order valence-electron chi connectivity index (χ1n) is 22.3. The summed E-state index contributed by atoms with van der Waals surface area (Å²) in [5.74, 6) is -2.37. The van der Waals surface area contributed by atoms with Crippen LogP contribution in [0.15, 0.2) is 85.2 Å². The standard InChI is InChI=1S/C47H58N8O12/c48-25-35(55-40(59)13-14-41(55)60)45(64)51-19-15-39(58)52-34-23-31(9-11-36(34)66-47-44(63)43(62)42(61)37(28-56)67-47)27-53-20-4-6-30(26-53)10-12-38(57)50-18-2-1-5-29-16-21-54(22-17-29)46(65)32-7-3-8-33(49)24-32/h3-4,6-14,20,23-24,26,29,35,37,42-44,47,56,61-63H,1-2,5,15-19,21-22,25,27-28,48-49H2,(H2-,50,51,52,57,58,64)/p+1/b12-10+/t35?,37-,42-,43+,44+,47+/m1/s1. The smallest absolute Gasteiger partial charge is 0.254 e. The number of nitrogens with one attached hydrogen (secondary N) is 3. The van der Waals surface area contributed by atoms with Crippen molar-refractivity contribution in [3.63, 3.8) is 0 Å². The van der Waals surface area contributed by atoms with E-state index in [1.807, 2.05) is 34.0 Å². The van der Waals surface area contributed by atoms with Gasteiger partial charge in [-0.15, -0.1) is 0 Å². The van der Waals surface area contributed by atoms with Crippen molar-refractivity contribution in [2.75, 3.05) is 50.4 Å². The molecule has 1 unspecified atom stereocenters. The molecule has 6 amide bonds. The summed E-state index contributed by atoms with van der Waals surface area (Å²) in [4.78, 5) is 78.4. The highest BCUT2D eigenvalue weighted by Gasteiger charge is 2.45. The van der Waals surface area contributed by atoms with E-state index >= 15 is 0 Å². The predicted molar refractivity (Wildman–Crippen MR) is 242 cm³/mol. The van der Waals surface area contributed by atoms with E-state index in [0.29, 0.717) is 42.4 Å². The largest absolute Gasteiger partial charge is 0.460 e. The SMILES string of the molecule is NCC(C(=O)NCCC(=O)Nc1cc(C[n+]2cccc(/C=C/C(=O)NCCCCC3CCN(C(=O)c4cccc(N)c4)CC3)c2)ccc1O[C@H]1O[C@H](CO)[C@@H](O)[C@H](O)[C@@H]1O)N1C(=O)C=CC1=O. The van der Waals surface area contributed by atoms with E-state index in [0.717, 1.165) is 54.7 Å². The van der Waals surface area contributed by atoms with Crippen LogP contribution in [0.4, 0.5) is 11.4 Å². The van der Waals surface area contributed by atoms with Crippen LogP contribution >= 0.6 is 0 Å². The molecule has 2 fully saturated rings. The van der Waals surface area contributed by atoms with Gasteiger partial charge in [-0.25, -0.2) is 4.57 Å². The number of rotatable bonds is 20. The zero-order valence-corrected chi connectivity index (χ0v) is 36.9. The number of nitrogens with zero attached hydrogens (tertiary/aromatic N) is 3. The predicted octanol–water partition coefficient (Wildman–Crippen LogP) is -0.667. The Balaban J connectivity index is 1.01. The van der Waals surface area contributed by atoms with Crippen LogP contribution in [0.1, 0.15) is 60.0 Å². The fourth-order valence-electron chi connectivity index (χ4n) is 8.07. The van der Waals surface area contributed by atoms with E-state index in [1.54, 1.807) is 42.5 Å². The van der Waals surface area contributed by atoms with Gasteiger partial charge in [0.1, 0.15) is 36.2 Å². The molecule has 20 nitrogen and oxygen atoms in total. The van der Waals surface area contributed by atoms with Crippen LogP contribution < -0.4 is 36.7 Å². The van der Waals surface area contributed by atoms with Crippen LogP contribution in [0.3, 0.4) is 0 Å². The quantitative estimate of drug-likeness (QED) is 0.0224. The Hall–Kier alpha value is -6.55. The lowest BCUT2D eigenvalue weighted by Gasteiger charge is -2.39. The molecule has 6 rings (SSSR count). The average molecular weight is 928 g/mol. The molecule has 2 aromatic carbocycles. The molecule has 0 aliphatic carbocycles. The van der Waals surface area contributed by atoms with Crippen LogP contribution in [-0.2, 0) is 35.3 Å². The number of carbonyl (C=O) groups excluding carboxylic acids is 6. The summed E-state index contributed by atoms with van der Waals surface area (Å²) in [6.45, 7) is 1.03. The first kappa shape index (κ1) is 49.9. The molecule has 3 aliphatic rings. The number of unbranched alkanes of at least 4 members (excludes halogenated alkanes) is 1. The van der Waals surface area contributed by atoms with Crippen molar-refractivity contribution >= 4 is 52.9 Å². The molecular formula is C47H59N8O12+. The number of aliphatic hydroxyl groups excluding tert-OH is 4. The fourth-order valence-corrected chi connectivity index (χ4v) is 8.07. The van der Waals surface area contributed by atoms with Crippen molar-refractivity contribution in [2.24, 2.45) is 11.7 Å². The second-order valence-corrected chi connectivity index (χ2v) is 16.7. The lowest BCUT2D eigenvalue weighted by Crippen LogP contribution is -2.60. The molecule has 0 radical (unpaired) electrons. The Morgan fingerprint density at radius 1 is 0.925 bits per heavy atom. The normalized spacial score (nSPS) is 21.4. The van der Waals surface area contributed by atoms with Crippen molar-refractivity contribution < 1.29 is 63.2 Å². The van der Waals surface area contributed by atoms with E-state index in [2.05, 4.69) is 16.0 Å². The minimum absolute atomic E-state index is 0.00376. The third-order valence-electron chi connectivity index (χ3n) is 11.8. The number of likely N-dealkylation sites (tertiary alicyclic amines) is 1. The summed E-state index contributed by atoms with van der Waals surface area (Å²) in [5, 5.41) is 49.1.